The van der Waals surface area contributed by atoms with Gasteiger partial charge in [-0.2, -0.15) is 0 Å². The molecule has 0 atom stereocenters. The van der Waals surface area contributed by atoms with Crippen molar-refractivity contribution in [1.29, 1.82) is 0 Å². The molecule has 2 aromatic heterocycles. The highest BCUT2D eigenvalue weighted by Crippen LogP contribution is 2.24. The van der Waals surface area contributed by atoms with Gasteiger partial charge in [-0.1, -0.05) is 18.3 Å². The second-order valence-electron chi connectivity index (χ2n) is 4.40. The molecule has 2 rings (SSSR count). The first-order chi connectivity index (χ1) is 8.66. The van der Waals surface area contributed by atoms with E-state index in [0.29, 0.717) is 17.8 Å². The lowest BCUT2D eigenvalue weighted by Gasteiger charge is -2.05. The van der Waals surface area contributed by atoms with Gasteiger partial charge in [0.05, 0.1) is 5.69 Å². The molecule has 0 aromatic carbocycles. The van der Waals surface area contributed by atoms with Gasteiger partial charge in [-0.15, -0.1) is 15.3 Å². The summed E-state index contributed by atoms with van der Waals surface area (Å²) in [6.07, 6.45) is 1.78. The number of nitrogens with zero attached hydrogens (tertiary/aromatic N) is 4. The lowest BCUT2D eigenvalue weighted by atomic mass is 10.3. The second kappa shape index (κ2) is 6.01. The molecular weight excluding hydrogens is 250 g/mol. The molecule has 18 heavy (non-hydrogen) atoms. The molecule has 0 amide bonds. The molecule has 6 nitrogen and oxygen atoms in total. The molecule has 0 spiro atoms. The Morgan fingerprint density at radius 3 is 2.78 bits per heavy atom. The normalized spacial score (nSPS) is 11.3. The molecule has 1 N–H and O–H groups in total. The maximum Gasteiger partial charge on any atom is 0.261 e. The van der Waals surface area contributed by atoms with E-state index in [9.17, 15) is 0 Å². The van der Waals surface area contributed by atoms with Gasteiger partial charge >= 0.3 is 0 Å². The summed E-state index contributed by atoms with van der Waals surface area (Å²) < 4.78 is 9.45. The number of rotatable bonds is 6. The fourth-order valence-corrected chi connectivity index (χ4v) is 2.08. The van der Waals surface area contributed by atoms with Crippen molar-refractivity contribution in [2.45, 2.75) is 39.7 Å². The third-order valence-electron chi connectivity index (χ3n) is 2.43. The Bertz CT molecular complexity index is 493. The van der Waals surface area contributed by atoms with Crippen LogP contribution in [-0.2, 0) is 6.42 Å². The van der Waals surface area contributed by atoms with Crippen molar-refractivity contribution in [2.24, 2.45) is 0 Å². The van der Waals surface area contributed by atoms with E-state index < -0.39 is 0 Å². The molecule has 98 valence electrons. The van der Waals surface area contributed by atoms with Crippen LogP contribution in [0.4, 0.5) is 0 Å². The minimum absolute atomic E-state index is 0.508. The zero-order valence-corrected chi connectivity index (χ0v) is 11.6. The summed E-state index contributed by atoms with van der Waals surface area (Å²) in [5, 5.41) is 15.3. The highest BCUT2D eigenvalue weighted by molar-refractivity contribution is 7.09. The lowest BCUT2D eigenvalue weighted by Crippen LogP contribution is -2.23. The Hall–Kier alpha value is -1.34. The predicted octanol–water partition coefficient (Wildman–Crippen LogP) is 1.83. The first-order valence-electron chi connectivity index (χ1n) is 6.02. The lowest BCUT2D eigenvalue weighted by molar-refractivity contribution is 0.484. The van der Waals surface area contributed by atoms with Crippen LogP contribution in [0.15, 0.2) is 4.42 Å². The van der Waals surface area contributed by atoms with E-state index in [-0.39, 0.29) is 0 Å². The minimum Gasteiger partial charge on any atom is -0.420 e. The van der Waals surface area contributed by atoms with Gasteiger partial charge in [0, 0.05) is 12.5 Å². The van der Waals surface area contributed by atoms with Crippen LogP contribution >= 0.6 is 11.5 Å². The highest BCUT2D eigenvalue weighted by Gasteiger charge is 2.13. The minimum atomic E-state index is 0.508. The standard InChI is InChI=1S/C11H17N5OS/c1-7(2)12-6-4-5-9-14-15-11(17-9)10-8(3)13-16-18-10/h7,12H,4-6H2,1-3H3. The fraction of sp³-hybridized carbons (Fsp3) is 0.636. The zero-order valence-electron chi connectivity index (χ0n) is 10.8. The summed E-state index contributed by atoms with van der Waals surface area (Å²) in [4.78, 5) is 0.856. The van der Waals surface area contributed by atoms with Crippen molar-refractivity contribution < 1.29 is 4.42 Å². The molecule has 0 radical (unpaired) electrons. The number of hydrogen-bond acceptors (Lipinski definition) is 7. The van der Waals surface area contributed by atoms with E-state index in [4.69, 9.17) is 4.42 Å². The van der Waals surface area contributed by atoms with Gasteiger partial charge in [-0.3, -0.25) is 0 Å². The fourth-order valence-electron chi connectivity index (χ4n) is 1.50. The van der Waals surface area contributed by atoms with E-state index in [1.165, 1.54) is 11.5 Å². The number of aryl methyl sites for hydroxylation is 2. The molecule has 2 heterocycles. The van der Waals surface area contributed by atoms with Gasteiger partial charge in [0.15, 0.2) is 0 Å². The average Bonchev–Trinajstić information content (AvgIpc) is 2.92. The van der Waals surface area contributed by atoms with Crippen LogP contribution in [0.25, 0.3) is 10.8 Å². The smallest absolute Gasteiger partial charge is 0.261 e. The van der Waals surface area contributed by atoms with Crippen LogP contribution in [0.1, 0.15) is 31.9 Å². The Kier molecular flexibility index (Phi) is 4.38. The van der Waals surface area contributed by atoms with E-state index in [1.807, 2.05) is 6.92 Å². The van der Waals surface area contributed by atoms with Crippen LogP contribution in [-0.4, -0.2) is 32.4 Å². The third-order valence-corrected chi connectivity index (χ3v) is 3.25. The monoisotopic (exact) mass is 267 g/mol. The van der Waals surface area contributed by atoms with Crippen LogP contribution in [0.2, 0.25) is 0 Å². The van der Waals surface area contributed by atoms with Crippen molar-refractivity contribution in [3.05, 3.63) is 11.6 Å². The van der Waals surface area contributed by atoms with Gasteiger partial charge in [-0.25, -0.2) is 0 Å². The molecule has 0 fully saturated rings. The molecule has 0 aliphatic rings. The Morgan fingerprint density at radius 2 is 2.11 bits per heavy atom. The van der Waals surface area contributed by atoms with Crippen LogP contribution in [0.3, 0.4) is 0 Å². The molecule has 0 bridgehead atoms. The molecule has 0 aliphatic heterocycles. The first kappa shape index (κ1) is 13.1. The van der Waals surface area contributed by atoms with Crippen molar-refractivity contribution in [1.82, 2.24) is 25.1 Å². The van der Waals surface area contributed by atoms with Gasteiger partial charge in [-0.05, 0) is 31.4 Å². The highest BCUT2D eigenvalue weighted by atomic mass is 32.1. The summed E-state index contributed by atoms with van der Waals surface area (Å²) in [5.74, 6) is 1.19. The molecule has 0 aliphatic carbocycles. The number of nitrogens with one attached hydrogen (secondary N) is 1. The first-order valence-corrected chi connectivity index (χ1v) is 6.79. The molecule has 7 heteroatoms. The molecular formula is C11H17N5OS. The third kappa shape index (κ3) is 3.33. The Morgan fingerprint density at radius 1 is 1.28 bits per heavy atom. The summed E-state index contributed by atoms with van der Waals surface area (Å²) in [6, 6.07) is 0.508. The number of hydrogen-bond donors (Lipinski definition) is 1. The van der Waals surface area contributed by atoms with Gasteiger partial charge in [0.25, 0.3) is 5.89 Å². The summed E-state index contributed by atoms with van der Waals surface area (Å²) in [7, 11) is 0. The van der Waals surface area contributed by atoms with Crippen molar-refractivity contribution in [2.75, 3.05) is 6.54 Å². The summed E-state index contributed by atoms with van der Waals surface area (Å²) >= 11 is 1.28. The topological polar surface area (TPSA) is 76.7 Å². The van der Waals surface area contributed by atoms with Crippen molar-refractivity contribution >= 4 is 11.5 Å². The quantitative estimate of drug-likeness (QED) is 0.805. The summed E-state index contributed by atoms with van der Waals surface area (Å²) in [5.41, 5.74) is 0.830. The summed E-state index contributed by atoms with van der Waals surface area (Å²) in [6.45, 7) is 7.10. The second-order valence-corrected chi connectivity index (χ2v) is 5.15. The molecule has 0 unspecified atom stereocenters. The number of aromatic nitrogens is 4. The molecule has 0 saturated heterocycles. The predicted molar refractivity (Wildman–Crippen MR) is 69.4 cm³/mol. The Labute approximate surface area is 110 Å². The van der Waals surface area contributed by atoms with Gasteiger partial charge < -0.3 is 9.73 Å². The SMILES string of the molecule is Cc1nnsc1-c1nnc(CCCNC(C)C)o1. The van der Waals surface area contributed by atoms with Crippen LogP contribution in [0.5, 0.6) is 0 Å². The molecule has 2 aromatic rings. The molecule has 0 saturated carbocycles. The van der Waals surface area contributed by atoms with Crippen molar-refractivity contribution in [3.63, 3.8) is 0 Å². The zero-order chi connectivity index (χ0) is 13.0. The van der Waals surface area contributed by atoms with E-state index in [1.54, 1.807) is 0 Å². The Balaban J connectivity index is 1.89. The van der Waals surface area contributed by atoms with E-state index in [2.05, 4.69) is 38.9 Å². The van der Waals surface area contributed by atoms with E-state index in [0.717, 1.165) is 30.0 Å². The van der Waals surface area contributed by atoms with Crippen LogP contribution in [0, 0.1) is 6.92 Å². The van der Waals surface area contributed by atoms with E-state index >= 15 is 0 Å². The maximum absolute atomic E-state index is 5.60. The van der Waals surface area contributed by atoms with Gasteiger partial charge in [0.2, 0.25) is 5.89 Å². The maximum atomic E-state index is 5.60. The van der Waals surface area contributed by atoms with Gasteiger partial charge in [0.1, 0.15) is 4.88 Å². The van der Waals surface area contributed by atoms with Crippen molar-refractivity contribution in [3.8, 4) is 10.8 Å². The largest absolute Gasteiger partial charge is 0.420 e. The van der Waals surface area contributed by atoms with Crippen LogP contribution < -0.4 is 5.32 Å². The average molecular weight is 267 g/mol.